The largest absolute Gasteiger partial charge is 0.465 e. The van der Waals surface area contributed by atoms with E-state index >= 15 is 0 Å². The van der Waals surface area contributed by atoms with E-state index in [1.807, 2.05) is 0 Å². The van der Waals surface area contributed by atoms with Crippen LogP contribution in [0.25, 0.3) is 0 Å². The number of rotatable bonds is 9. The van der Waals surface area contributed by atoms with Crippen LogP contribution in [0.1, 0.15) is 52.9 Å². The van der Waals surface area contributed by atoms with Crippen LogP contribution in [0.2, 0.25) is 5.02 Å². The van der Waals surface area contributed by atoms with Gasteiger partial charge in [-0.25, -0.2) is 0 Å². The molecule has 1 aromatic rings. The van der Waals surface area contributed by atoms with Crippen LogP contribution >= 0.6 is 11.6 Å². The molecule has 4 nitrogen and oxygen atoms in total. The third-order valence-electron chi connectivity index (χ3n) is 3.51. The zero-order valence-corrected chi connectivity index (χ0v) is 14.8. The fraction of sp³-hybridized carbons (Fsp3) is 0.556. The van der Waals surface area contributed by atoms with Crippen molar-refractivity contribution < 1.29 is 19.1 Å². The van der Waals surface area contributed by atoms with Crippen LogP contribution in [0.4, 0.5) is 0 Å². The summed E-state index contributed by atoms with van der Waals surface area (Å²) in [6.45, 7) is 5.48. The summed E-state index contributed by atoms with van der Waals surface area (Å²) in [5.74, 6) is -0.918. The van der Waals surface area contributed by atoms with E-state index in [0.29, 0.717) is 17.4 Å². The van der Waals surface area contributed by atoms with E-state index in [-0.39, 0.29) is 0 Å². The van der Waals surface area contributed by atoms with Crippen molar-refractivity contribution >= 4 is 23.5 Å². The van der Waals surface area contributed by atoms with Gasteiger partial charge in [-0.05, 0) is 38.5 Å². The van der Waals surface area contributed by atoms with Gasteiger partial charge >= 0.3 is 11.9 Å². The number of benzene rings is 1. The second-order valence-electron chi connectivity index (χ2n) is 6.02. The van der Waals surface area contributed by atoms with E-state index in [4.69, 9.17) is 21.1 Å². The molecule has 23 heavy (non-hydrogen) atoms. The molecule has 0 aliphatic carbocycles. The summed E-state index contributed by atoms with van der Waals surface area (Å²) >= 11 is 5.84. The molecule has 0 aromatic heterocycles. The highest BCUT2D eigenvalue weighted by Crippen LogP contribution is 2.24. The molecule has 0 aliphatic heterocycles. The summed E-state index contributed by atoms with van der Waals surface area (Å²) < 4.78 is 10.4. The molecule has 0 saturated carbocycles. The zero-order chi connectivity index (χ0) is 17.3. The molecule has 0 saturated heterocycles. The smallest absolute Gasteiger partial charge is 0.328 e. The Morgan fingerprint density at radius 3 is 2.43 bits per heavy atom. The molecule has 0 atom stereocenters. The first-order valence-corrected chi connectivity index (χ1v) is 8.40. The zero-order valence-electron chi connectivity index (χ0n) is 14.1. The van der Waals surface area contributed by atoms with E-state index in [1.54, 1.807) is 18.2 Å². The summed E-state index contributed by atoms with van der Waals surface area (Å²) in [5, 5.41) is 0.461. The molecule has 128 valence electrons. The first kappa shape index (κ1) is 19.5. The normalized spacial score (nSPS) is 11.1. The van der Waals surface area contributed by atoms with Gasteiger partial charge < -0.3 is 9.47 Å². The van der Waals surface area contributed by atoms with Crippen molar-refractivity contribution in [3.8, 4) is 5.75 Å². The second-order valence-corrected chi connectivity index (χ2v) is 6.46. The number of hydrogen-bond acceptors (Lipinski definition) is 4. The highest BCUT2D eigenvalue weighted by molar-refractivity contribution is 6.30. The third kappa shape index (κ3) is 6.61. The maximum atomic E-state index is 12.2. The molecular formula is C18H25ClO4. The van der Waals surface area contributed by atoms with Gasteiger partial charge in [0.1, 0.15) is 5.75 Å². The molecule has 0 N–H and O–H groups in total. The Hall–Kier alpha value is -1.55. The van der Waals surface area contributed by atoms with Crippen molar-refractivity contribution in [1.29, 1.82) is 0 Å². The maximum Gasteiger partial charge on any atom is 0.328 e. The lowest BCUT2D eigenvalue weighted by molar-refractivity contribution is -0.164. The van der Waals surface area contributed by atoms with Gasteiger partial charge in [-0.15, -0.1) is 0 Å². The van der Waals surface area contributed by atoms with Crippen LogP contribution < -0.4 is 4.74 Å². The van der Waals surface area contributed by atoms with E-state index in [2.05, 4.69) is 6.92 Å². The Kier molecular flexibility index (Phi) is 8.10. The van der Waals surface area contributed by atoms with Gasteiger partial charge in [-0.2, -0.15) is 0 Å². The highest BCUT2D eigenvalue weighted by Gasteiger charge is 2.39. The fourth-order valence-electron chi connectivity index (χ4n) is 1.90. The number of halogens is 1. The SMILES string of the molecule is CCCCCCCOC(=O)C(C)(C)C(=O)Oc1cccc(Cl)c1. The maximum absolute atomic E-state index is 12.2. The number of carbonyl (C=O) groups excluding carboxylic acids is 2. The molecule has 0 spiro atoms. The van der Waals surface area contributed by atoms with Crippen LogP contribution in [0.3, 0.4) is 0 Å². The summed E-state index contributed by atoms with van der Waals surface area (Å²) in [6.07, 6.45) is 5.32. The van der Waals surface area contributed by atoms with Gasteiger partial charge in [-0.1, -0.05) is 50.3 Å². The average Bonchev–Trinajstić information content (AvgIpc) is 2.50. The Bertz CT molecular complexity index is 526. The predicted octanol–water partition coefficient (Wildman–Crippen LogP) is 4.79. The molecule has 0 radical (unpaired) electrons. The summed E-state index contributed by atoms with van der Waals surface area (Å²) in [5.41, 5.74) is -1.36. The van der Waals surface area contributed by atoms with Crippen LogP contribution in [0, 0.1) is 5.41 Å². The average molecular weight is 341 g/mol. The van der Waals surface area contributed by atoms with Crippen LogP contribution in [-0.4, -0.2) is 18.5 Å². The molecule has 0 amide bonds. The molecule has 0 bridgehead atoms. The number of hydrogen-bond donors (Lipinski definition) is 0. The molecule has 1 aromatic carbocycles. The third-order valence-corrected chi connectivity index (χ3v) is 3.74. The predicted molar refractivity (Wildman–Crippen MR) is 90.6 cm³/mol. The van der Waals surface area contributed by atoms with Crippen molar-refractivity contribution in [3.63, 3.8) is 0 Å². The van der Waals surface area contributed by atoms with Crippen molar-refractivity contribution in [2.45, 2.75) is 52.9 Å². The molecule has 0 unspecified atom stereocenters. The molecule has 0 fully saturated rings. The minimum absolute atomic E-state index is 0.308. The number of esters is 2. The lowest BCUT2D eigenvalue weighted by Gasteiger charge is -2.20. The highest BCUT2D eigenvalue weighted by atomic mass is 35.5. The lowest BCUT2D eigenvalue weighted by atomic mass is 9.94. The minimum atomic E-state index is -1.36. The Balaban J connectivity index is 2.46. The Morgan fingerprint density at radius 2 is 1.78 bits per heavy atom. The first-order chi connectivity index (χ1) is 10.9. The first-order valence-electron chi connectivity index (χ1n) is 8.03. The Morgan fingerprint density at radius 1 is 1.09 bits per heavy atom. The van der Waals surface area contributed by atoms with Gasteiger partial charge in [0, 0.05) is 5.02 Å². The molecule has 0 aliphatic rings. The monoisotopic (exact) mass is 340 g/mol. The van der Waals surface area contributed by atoms with E-state index < -0.39 is 17.4 Å². The van der Waals surface area contributed by atoms with Crippen molar-refractivity contribution in [2.24, 2.45) is 5.41 Å². The minimum Gasteiger partial charge on any atom is -0.465 e. The van der Waals surface area contributed by atoms with Gasteiger partial charge in [0.05, 0.1) is 6.61 Å². The van der Waals surface area contributed by atoms with Crippen molar-refractivity contribution in [3.05, 3.63) is 29.3 Å². The molecule has 0 heterocycles. The van der Waals surface area contributed by atoms with Gasteiger partial charge in [0.2, 0.25) is 0 Å². The quantitative estimate of drug-likeness (QED) is 0.281. The molecule has 1 rings (SSSR count). The topological polar surface area (TPSA) is 52.6 Å². The van der Waals surface area contributed by atoms with Crippen LogP contribution in [-0.2, 0) is 14.3 Å². The van der Waals surface area contributed by atoms with Crippen LogP contribution in [0.5, 0.6) is 5.75 Å². The fourth-order valence-corrected chi connectivity index (χ4v) is 2.08. The summed E-state index contributed by atoms with van der Waals surface area (Å²) in [7, 11) is 0. The standard InChI is InChI=1S/C18H25ClO4/c1-4-5-6-7-8-12-22-16(20)18(2,3)17(21)23-15-11-9-10-14(19)13-15/h9-11,13H,4-8,12H2,1-3H3. The van der Waals surface area contributed by atoms with Crippen LogP contribution in [0.15, 0.2) is 24.3 Å². The number of unbranched alkanes of at least 4 members (excludes halogenated alkanes) is 4. The van der Waals surface area contributed by atoms with E-state index in [1.165, 1.54) is 32.8 Å². The van der Waals surface area contributed by atoms with E-state index in [9.17, 15) is 9.59 Å². The molecule has 5 heteroatoms. The Labute approximate surface area is 143 Å². The van der Waals surface area contributed by atoms with E-state index in [0.717, 1.165) is 19.3 Å². The number of carbonyl (C=O) groups is 2. The van der Waals surface area contributed by atoms with Gasteiger partial charge in [-0.3, -0.25) is 9.59 Å². The molecular weight excluding hydrogens is 316 g/mol. The van der Waals surface area contributed by atoms with Crippen molar-refractivity contribution in [2.75, 3.05) is 6.61 Å². The van der Waals surface area contributed by atoms with Gasteiger partial charge in [0.15, 0.2) is 5.41 Å². The number of ether oxygens (including phenoxy) is 2. The summed E-state index contributed by atoms with van der Waals surface area (Å²) in [4.78, 5) is 24.3. The van der Waals surface area contributed by atoms with Crippen molar-refractivity contribution in [1.82, 2.24) is 0 Å². The second kappa shape index (κ2) is 9.56. The van der Waals surface area contributed by atoms with Gasteiger partial charge in [0.25, 0.3) is 0 Å². The summed E-state index contributed by atoms with van der Waals surface area (Å²) in [6, 6.07) is 6.48. The lowest BCUT2D eigenvalue weighted by Crippen LogP contribution is -2.38.